The van der Waals surface area contributed by atoms with Gasteiger partial charge in [0, 0.05) is 38.1 Å². The number of hydrogen-bond acceptors (Lipinski definition) is 5. The summed E-state index contributed by atoms with van der Waals surface area (Å²) >= 11 is 0. The zero-order chi connectivity index (χ0) is 18.5. The van der Waals surface area contributed by atoms with Gasteiger partial charge >= 0.3 is 0 Å². The van der Waals surface area contributed by atoms with E-state index in [4.69, 9.17) is 5.73 Å². The maximum absolute atomic E-state index is 12.4. The van der Waals surface area contributed by atoms with E-state index in [1.807, 2.05) is 6.07 Å². The number of rotatable bonds is 5. The molecule has 0 aliphatic carbocycles. The predicted octanol–water partition coefficient (Wildman–Crippen LogP) is 1.28. The highest BCUT2D eigenvalue weighted by Crippen LogP contribution is 2.16. The average molecular weight is 353 g/mol. The number of nitrogens with two attached hydrogens (primary N) is 1. The highest BCUT2D eigenvalue weighted by Gasteiger charge is 2.24. The molecule has 1 saturated heterocycles. The molecule has 26 heavy (non-hydrogen) atoms. The van der Waals surface area contributed by atoms with E-state index in [0.717, 1.165) is 32.5 Å². The Bertz CT molecular complexity index is 800. The molecule has 7 heteroatoms. The quantitative estimate of drug-likeness (QED) is 0.843. The van der Waals surface area contributed by atoms with Crippen molar-refractivity contribution in [3.05, 3.63) is 59.2 Å². The third-order valence-electron chi connectivity index (χ3n) is 4.72. The summed E-state index contributed by atoms with van der Waals surface area (Å²) in [5.74, 6) is -1.15. The second-order valence-corrected chi connectivity index (χ2v) is 6.57. The minimum atomic E-state index is -0.753. The van der Waals surface area contributed by atoms with Crippen LogP contribution in [0.5, 0.6) is 0 Å². The van der Waals surface area contributed by atoms with Crippen molar-refractivity contribution >= 4 is 11.8 Å². The molecular formula is C19H23N5O2. The van der Waals surface area contributed by atoms with Crippen LogP contribution in [0.1, 0.15) is 44.9 Å². The molecule has 1 aromatic heterocycles. The Morgan fingerprint density at radius 1 is 1.15 bits per heavy atom. The molecular weight excluding hydrogens is 330 g/mol. The molecule has 1 aliphatic heterocycles. The van der Waals surface area contributed by atoms with Crippen molar-refractivity contribution in [2.24, 2.45) is 5.73 Å². The van der Waals surface area contributed by atoms with Crippen LogP contribution < -0.4 is 11.1 Å². The van der Waals surface area contributed by atoms with Gasteiger partial charge in [0.1, 0.15) is 0 Å². The number of carbonyl (C=O) groups is 2. The first kappa shape index (κ1) is 18.0. The molecule has 0 radical (unpaired) electrons. The van der Waals surface area contributed by atoms with Crippen molar-refractivity contribution in [3.63, 3.8) is 0 Å². The highest BCUT2D eigenvalue weighted by atomic mass is 16.2. The van der Waals surface area contributed by atoms with E-state index in [1.54, 1.807) is 0 Å². The molecule has 7 nitrogen and oxygen atoms in total. The maximum Gasteiger partial charge on any atom is 0.272 e. The molecule has 3 N–H and O–H groups in total. The van der Waals surface area contributed by atoms with Crippen LogP contribution in [-0.4, -0.2) is 45.8 Å². The Hall–Kier alpha value is -2.80. The lowest BCUT2D eigenvalue weighted by atomic mass is 10.0. The van der Waals surface area contributed by atoms with Gasteiger partial charge in [-0.1, -0.05) is 24.3 Å². The summed E-state index contributed by atoms with van der Waals surface area (Å²) in [6, 6.07) is 8.44. The first-order chi connectivity index (χ1) is 12.5. The van der Waals surface area contributed by atoms with E-state index in [0.29, 0.717) is 0 Å². The third kappa shape index (κ3) is 4.23. The minimum absolute atomic E-state index is 0.0117. The lowest BCUT2D eigenvalue weighted by Crippen LogP contribution is -2.45. The fourth-order valence-electron chi connectivity index (χ4n) is 3.20. The van der Waals surface area contributed by atoms with E-state index >= 15 is 0 Å². The van der Waals surface area contributed by atoms with Crippen LogP contribution in [0.2, 0.25) is 0 Å². The van der Waals surface area contributed by atoms with Gasteiger partial charge < -0.3 is 11.1 Å². The third-order valence-corrected chi connectivity index (χ3v) is 4.72. The molecule has 0 unspecified atom stereocenters. The number of benzene rings is 1. The van der Waals surface area contributed by atoms with Gasteiger partial charge in [-0.15, -0.1) is 0 Å². The lowest BCUT2D eigenvalue weighted by molar-refractivity contribution is 0.0890. The number of likely N-dealkylation sites (tertiary alicyclic amines) is 1. The van der Waals surface area contributed by atoms with Gasteiger partial charge in [0.25, 0.3) is 11.8 Å². The molecule has 1 aromatic carbocycles. The first-order valence-corrected chi connectivity index (χ1v) is 8.73. The summed E-state index contributed by atoms with van der Waals surface area (Å²) in [5.41, 5.74) is 7.78. The summed E-state index contributed by atoms with van der Waals surface area (Å²) in [6.07, 6.45) is 4.43. The predicted molar refractivity (Wildman–Crippen MR) is 97.5 cm³/mol. The minimum Gasteiger partial charge on any atom is -0.364 e. The normalized spacial score (nSPS) is 15.6. The molecule has 2 aromatic rings. The van der Waals surface area contributed by atoms with Crippen LogP contribution in [0.15, 0.2) is 36.7 Å². The van der Waals surface area contributed by atoms with Crippen molar-refractivity contribution < 1.29 is 9.59 Å². The van der Waals surface area contributed by atoms with Crippen molar-refractivity contribution in [1.29, 1.82) is 0 Å². The van der Waals surface area contributed by atoms with Crippen molar-refractivity contribution in [2.75, 3.05) is 13.1 Å². The van der Waals surface area contributed by atoms with Crippen molar-refractivity contribution in [3.8, 4) is 0 Å². The maximum atomic E-state index is 12.4. The molecule has 2 heterocycles. The van der Waals surface area contributed by atoms with Crippen LogP contribution in [0.3, 0.4) is 0 Å². The Morgan fingerprint density at radius 2 is 1.81 bits per heavy atom. The van der Waals surface area contributed by atoms with Crippen LogP contribution >= 0.6 is 0 Å². The molecule has 0 bridgehead atoms. The van der Waals surface area contributed by atoms with Crippen LogP contribution in [0.4, 0.5) is 0 Å². The summed E-state index contributed by atoms with van der Waals surface area (Å²) in [5, 5.41) is 2.95. The second-order valence-electron chi connectivity index (χ2n) is 6.57. The summed E-state index contributed by atoms with van der Waals surface area (Å²) in [6.45, 7) is 4.85. The number of aromatic nitrogens is 2. The fourth-order valence-corrected chi connectivity index (χ4v) is 3.20. The van der Waals surface area contributed by atoms with E-state index in [1.165, 1.54) is 23.5 Å². The summed E-state index contributed by atoms with van der Waals surface area (Å²) in [4.78, 5) is 34.0. The van der Waals surface area contributed by atoms with Crippen molar-refractivity contribution in [1.82, 2.24) is 20.2 Å². The number of aryl methyl sites for hydroxylation is 1. The lowest BCUT2D eigenvalue weighted by Gasteiger charge is -2.32. The molecule has 1 fully saturated rings. The van der Waals surface area contributed by atoms with Gasteiger partial charge in [-0.2, -0.15) is 0 Å². The van der Waals surface area contributed by atoms with Crippen molar-refractivity contribution in [2.45, 2.75) is 32.4 Å². The van der Waals surface area contributed by atoms with Gasteiger partial charge in [0.2, 0.25) is 0 Å². The van der Waals surface area contributed by atoms with Gasteiger partial charge in [-0.05, 0) is 30.9 Å². The molecule has 0 saturated carbocycles. The second kappa shape index (κ2) is 8.05. The number of carbonyl (C=O) groups excluding carboxylic acids is 2. The Labute approximate surface area is 152 Å². The summed E-state index contributed by atoms with van der Waals surface area (Å²) < 4.78 is 0. The molecule has 0 atom stereocenters. The van der Waals surface area contributed by atoms with E-state index in [-0.39, 0.29) is 17.4 Å². The van der Waals surface area contributed by atoms with Crippen LogP contribution in [0, 0.1) is 6.92 Å². The topological polar surface area (TPSA) is 101 Å². The van der Waals surface area contributed by atoms with Gasteiger partial charge in [-0.25, -0.2) is 9.97 Å². The van der Waals surface area contributed by atoms with Gasteiger partial charge in [0.05, 0.1) is 0 Å². The van der Waals surface area contributed by atoms with E-state index < -0.39 is 11.8 Å². The number of amides is 2. The SMILES string of the molecule is Cc1ccccc1CN1CCC(NC(=O)c2nccnc2C(N)=O)CC1. The Morgan fingerprint density at radius 3 is 2.46 bits per heavy atom. The average Bonchev–Trinajstić information content (AvgIpc) is 2.65. The Balaban J connectivity index is 1.55. The van der Waals surface area contributed by atoms with E-state index in [2.05, 4.69) is 45.3 Å². The first-order valence-electron chi connectivity index (χ1n) is 8.73. The van der Waals surface area contributed by atoms with Crippen LogP contribution in [-0.2, 0) is 6.54 Å². The smallest absolute Gasteiger partial charge is 0.272 e. The summed E-state index contributed by atoms with van der Waals surface area (Å²) in [7, 11) is 0. The zero-order valence-electron chi connectivity index (χ0n) is 14.8. The molecule has 136 valence electrons. The number of nitrogens with one attached hydrogen (secondary N) is 1. The van der Waals surface area contributed by atoms with Crippen LogP contribution in [0.25, 0.3) is 0 Å². The standard InChI is InChI=1S/C19H23N5O2/c1-13-4-2-3-5-14(13)12-24-10-6-15(7-11-24)23-19(26)17-16(18(20)25)21-8-9-22-17/h2-5,8-9,15H,6-7,10-12H2,1H3,(H2,20,25)(H,23,26). The van der Waals surface area contributed by atoms with Gasteiger partial charge in [-0.3, -0.25) is 14.5 Å². The largest absolute Gasteiger partial charge is 0.364 e. The monoisotopic (exact) mass is 353 g/mol. The number of hydrogen-bond donors (Lipinski definition) is 2. The number of nitrogens with zero attached hydrogens (tertiary/aromatic N) is 3. The highest BCUT2D eigenvalue weighted by molar-refractivity contribution is 6.04. The number of piperidine rings is 1. The zero-order valence-corrected chi connectivity index (χ0v) is 14.8. The fraction of sp³-hybridized carbons (Fsp3) is 0.368. The Kier molecular flexibility index (Phi) is 5.58. The number of primary amides is 1. The molecule has 0 spiro atoms. The molecule has 1 aliphatic rings. The molecule has 3 rings (SSSR count). The van der Waals surface area contributed by atoms with E-state index in [9.17, 15) is 9.59 Å². The molecule has 2 amide bonds. The van der Waals surface area contributed by atoms with Gasteiger partial charge in [0.15, 0.2) is 11.4 Å².